The minimum absolute atomic E-state index is 0.225. The summed E-state index contributed by atoms with van der Waals surface area (Å²) in [5.41, 5.74) is 2.27. The largest absolute Gasteiger partial charge is 0.507 e. The number of hydrogen-bond donors (Lipinski definition) is 1. The van der Waals surface area contributed by atoms with Crippen LogP contribution in [0, 0.1) is 0 Å². The minimum atomic E-state index is -1.51. The Hall–Kier alpha value is -3.42. The highest BCUT2D eigenvalue weighted by Gasteiger charge is 2.54. The summed E-state index contributed by atoms with van der Waals surface area (Å²) in [6, 6.07) is 8.40. The van der Waals surface area contributed by atoms with Crippen molar-refractivity contribution in [2.24, 2.45) is 0 Å². The average Bonchev–Trinajstić information content (AvgIpc) is 3.00. The number of thioether (sulfide) groups is 2. The van der Waals surface area contributed by atoms with E-state index >= 15 is 0 Å². The Balaban J connectivity index is 2.19. The molecule has 0 aliphatic carbocycles. The SMILES string of the molecule is CC(=O)O[C@@H]1O[C@H](COc2c(C(C)(C)C)ccc(SC(C)(C)Sc3cc(C(C)(C)C)c(O)c(C(C)(C)C)c3)c2C(C)(C)C)[C@@H](OC(C)=O)[C@H](OC(C)=O)[C@H]1OC(C)=O. The molecule has 0 bridgehead atoms. The van der Waals surface area contributed by atoms with Crippen LogP contribution in [0.5, 0.6) is 11.5 Å². The van der Waals surface area contributed by atoms with Gasteiger partial charge in [-0.2, -0.15) is 0 Å². The predicted octanol–water partition coefficient (Wildman–Crippen LogP) is 9.66. The molecule has 3 rings (SSSR count). The molecule has 58 heavy (non-hydrogen) atoms. The third kappa shape index (κ3) is 12.8. The molecule has 11 nitrogen and oxygen atoms in total. The Morgan fingerprint density at radius 2 is 1.05 bits per heavy atom. The third-order valence-corrected chi connectivity index (χ3v) is 11.8. The van der Waals surface area contributed by atoms with E-state index in [-0.39, 0.29) is 22.9 Å². The first-order valence-corrected chi connectivity index (χ1v) is 21.3. The molecule has 2 aromatic carbocycles. The number of carbonyl (C=O) groups excluding carboxylic acids is 4. The van der Waals surface area contributed by atoms with E-state index in [0.29, 0.717) is 11.5 Å². The van der Waals surface area contributed by atoms with Crippen molar-refractivity contribution >= 4 is 47.4 Å². The molecule has 1 fully saturated rings. The number of phenols is 1. The first-order chi connectivity index (χ1) is 26.2. The second kappa shape index (κ2) is 18.1. The third-order valence-electron chi connectivity index (χ3n) is 9.27. The maximum atomic E-state index is 12.5. The molecule has 1 aliphatic heterocycles. The highest BCUT2D eigenvalue weighted by molar-refractivity contribution is 8.18. The van der Waals surface area contributed by atoms with Crippen molar-refractivity contribution in [1.29, 1.82) is 0 Å². The summed E-state index contributed by atoms with van der Waals surface area (Å²) in [5, 5.41) is 11.4. The van der Waals surface area contributed by atoms with Gasteiger partial charge in [-0.15, -0.1) is 23.5 Å². The van der Waals surface area contributed by atoms with E-state index in [1.807, 2.05) is 0 Å². The van der Waals surface area contributed by atoms with E-state index in [1.54, 1.807) is 23.5 Å². The smallest absolute Gasteiger partial charge is 0.305 e. The number of esters is 4. The fraction of sp³-hybridized carbons (Fsp3) is 0.644. The van der Waals surface area contributed by atoms with Gasteiger partial charge in [-0.1, -0.05) is 89.2 Å². The number of aromatic hydroxyl groups is 1. The van der Waals surface area contributed by atoms with Gasteiger partial charge in [0.1, 0.15) is 24.2 Å². The van der Waals surface area contributed by atoms with Gasteiger partial charge >= 0.3 is 23.9 Å². The van der Waals surface area contributed by atoms with Crippen LogP contribution in [0.15, 0.2) is 34.1 Å². The van der Waals surface area contributed by atoms with Crippen LogP contribution >= 0.6 is 23.5 Å². The average molecular weight is 847 g/mol. The Morgan fingerprint density at radius 1 is 0.603 bits per heavy atom. The summed E-state index contributed by atoms with van der Waals surface area (Å²) >= 11 is 3.43. The Labute approximate surface area is 354 Å². The molecular formula is C45H66O11S2. The topological polar surface area (TPSA) is 144 Å². The molecular weight excluding hydrogens is 781 g/mol. The molecule has 0 spiro atoms. The second-order valence-electron chi connectivity index (χ2n) is 19.5. The van der Waals surface area contributed by atoms with E-state index in [9.17, 15) is 24.3 Å². The zero-order chi connectivity index (χ0) is 44.5. The number of hydrogen-bond acceptors (Lipinski definition) is 13. The molecule has 1 aliphatic rings. The lowest BCUT2D eigenvalue weighted by Gasteiger charge is -2.44. The molecule has 13 heteroatoms. The monoisotopic (exact) mass is 846 g/mol. The normalized spacial score (nSPS) is 20.6. The number of carbonyl (C=O) groups is 4. The van der Waals surface area contributed by atoms with Crippen molar-refractivity contribution in [1.82, 2.24) is 0 Å². The summed E-state index contributed by atoms with van der Waals surface area (Å²) in [4.78, 5) is 51.4. The summed E-state index contributed by atoms with van der Waals surface area (Å²) in [6.45, 7) is 34.1. The van der Waals surface area contributed by atoms with Crippen molar-refractivity contribution in [3.63, 3.8) is 0 Å². The lowest BCUT2D eigenvalue weighted by atomic mass is 9.79. The van der Waals surface area contributed by atoms with E-state index in [2.05, 4.69) is 121 Å². The van der Waals surface area contributed by atoms with Crippen molar-refractivity contribution in [3.8, 4) is 11.5 Å². The van der Waals surface area contributed by atoms with Crippen molar-refractivity contribution in [3.05, 3.63) is 46.5 Å². The summed E-state index contributed by atoms with van der Waals surface area (Å²) < 4.78 is 34.9. The van der Waals surface area contributed by atoms with Crippen LogP contribution in [-0.4, -0.2) is 70.4 Å². The number of benzene rings is 2. The highest BCUT2D eigenvalue weighted by Crippen LogP contribution is 2.53. The summed E-state index contributed by atoms with van der Waals surface area (Å²) in [7, 11) is 0. The predicted molar refractivity (Wildman–Crippen MR) is 228 cm³/mol. The molecule has 2 aromatic rings. The van der Waals surface area contributed by atoms with Gasteiger partial charge in [0.15, 0.2) is 12.2 Å². The molecule has 0 saturated carbocycles. The first kappa shape index (κ1) is 48.9. The van der Waals surface area contributed by atoms with E-state index in [0.717, 1.165) is 39.0 Å². The molecule has 0 amide bonds. The molecule has 5 atom stereocenters. The lowest BCUT2D eigenvalue weighted by molar-refractivity contribution is -0.298. The van der Waals surface area contributed by atoms with Crippen LogP contribution in [0.2, 0.25) is 0 Å². The van der Waals surface area contributed by atoms with Crippen LogP contribution < -0.4 is 4.74 Å². The maximum Gasteiger partial charge on any atom is 0.305 e. The van der Waals surface area contributed by atoms with Crippen LogP contribution in [-0.2, 0) is 64.5 Å². The molecule has 1 saturated heterocycles. The van der Waals surface area contributed by atoms with Gasteiger partial charge in [-0.3, -0.25) is 19.2 Å². The maximum absolute atomic E-state index is 12.5. The van der Waals surface area contributed by atoms with Crippen molar-refractivity contribution in [2.75, 3.05) is 6.61 Å². The fourth-order valence-electron chi connectivity index (χ4n) is 6.89. The van der Waals surface area contributed by atoms with Crippen molar-refractivity contribution in [2.45, 2.75) is 191 Å². The molecule has 0 aromatic heterocycles. The molecule has 1 heterocycles. The van der Waals surface area contributed by atoms with Crippen molar-refractivity contribution < 1.29 is 52.7 Å². The van der Waals surface area contributed by atoms with E-state index in [4.69, 9.17) is 28.4 Å². The Morgan fingerprint density at radius 3 is 1.48 bits per heavy atom. The molecule has 0 unspecified atom stereocenters. The Kier molecular flexibility index (Phi) is 15.2. The number of ether oxygens (including phenoxy) is 6. The van der Waals surface area contributed by atoms with Gasteiger partial charge in [-0.05, 0) is 59.3 Å². The van der Waals surface area contributed by atoms with Gasteiger partial charge in [0.2, 0.25) is 12.4 Å². The molecule has 324 valence electrons. The van der Waals surface area contributed by atoms with Crippen LogP contribution in [0.3, 0.4) is 0 Å². The minimum Gasteiger partial charge on any atom is -0.507 e. The van der Waals surface area contributed by atoms with Gasteiger partial charge in [0, 0.05) is 54.2 Å². The summed E-state index contributed by atoms with van der Waals surface area (Å²) in [5.74, 6) is -1.99. The highest BCUT2D eigenvalue weighted by atomic mass is 32.2. The Bertz CT molecular complexity index is 1810. The zero-order valence-corrected chi connectivity index (χ0v) is 39.4. The second-order valence-corrected chi connectivity index (χ2v) is 23.1. The molecule has 0 radical (unpaired) electrons. The van der Waals surface area contributed by atoms with Crippen LogP contribution in [0.25, 0.3) is 0 Å². The quantitative estimate of drug-likeness (QED) is 0.0993. The standard InChI is InChI=1S/C45H66O11S2/c1-24(46)52-37-32(56-40(55-27(4)49)39(54-26(3)48)38(37)53-25(2)47)23-51-36-29(41(5,6)7)19-20-33(34(36)44(14,15)16)58-45(17,18)57-28-21-30(42(8,9)10)35(50)31(22-28)43(11,12)13/h19-22,32,37-40,50H,23H2,1-18H3/t32-,37-,38+,39-,40-/m1/s1. The number of phenolic OH excluding ortho intramolecular Hbond substituents is 1. The fourth-order valence-corrected chi connectivity index (χ4v) is 9.71. The van der Waals surface area contributed by atoms with Crippen LogP contribution in [0.1, 0.15) is 147 Å². The molecule has 1 N–H and O–H groups in total. The lowest BCUT2D eigenvalue weighted by Crippen LogP contribution is -2.63. The summed E-state index contributed by atoms with van der Waals surface area (Å²) in [6.07, 6.45) is -6.78. The number of rotatable bonds is 11. The van der Waals surface area contributed by atoms with Gasteiger partial charge in [0.05, 0.1) is 4.08 Å². The van der Waals surface area contributed by atoms with Gasteiger partial charge < -0.3 is 33.5 Å². The van der Waals surface area contributed by atoms with Gasteiger partial charge in [0.25, 0.3) is 0 Å². The first-order valence-electron chi connectivity index (χ1n) is 19.6. The van der Waals surface area contributed by atoms with E-state index in [1.165, 1.54) is 20.8 Å². The van der Waals surface area contributed by atoms with E-state index < -0.39 is 64.1 Å². The van der Waals surface area contributed by atoms with Crippen LogP contribution in [0.4, 0.5) is 0 Å². The zero-order valence-electron chi connectivity index (χ0n) is 37.7. The van der Waals surface area contributed by atoms with Gasteiger partial charge in [-0.25, -0.2) is 0 Å².